The van der Waals surface area contributed by atoms with Gasteiger partial charge in [0.2, 0.25) is 5.00 Å². The molecule has 4 nitrogen and oxygen atoms in total. The van der Waals surface area contributed by atoms with Gasteiger partial charge in [0, 0.05) is 11.4 Å². The van der Waals surface area contributed by atoms with Gasteiger partial charge < -0.3 is 15.7 Å². The summed E-state index contributed by atoms with van der Waals surface area (Å²) in [6.45, 7) is 0.243. The first-order valence-electron chi connectivity index (χ1n) is 7.18. The van der Waals surface area contributed by atoms with Crippen molar-refractivity contribution in [2.45, 2.75) is 16.8 Å². The van der Waals surface area contributed by atoms with E-state index in [1.54, 1.807) is 24.3 Å². The first-order valence-corrected chi connectivity index (χ1v) is 8.00. The fraction of sp³-hybridized carbons (Fsp3) is 0.235. The summed E-state index contributed by atoms with van der Waals surface area (Å²) >= 11 is 12.9. The quantitative estimate of drug-likeness (QED) is 0.587. The van der Waals surface area contributed by atoms with Crippen LogP contribution in [0.4, 0.5) is 11.4 Å². The number of nitrogens with zero attached hydrogens (tertiary/aromatic N) is 1. The summed E-state index contributed by atoms with van der Waals surface area (Å²) in [5.74, 6) is -1.22. The van der Waals surface area contributed by atoms with Crippen molar-refractivity contribution in [3.8, 4) is 0 Å². The van der Waals surface area contributed by atoms with Gasteiger partial charge in [-0.15, -0.1) is 11.6 Å². The zero-order valence-electron chi connectivity index (χ0n) is 12.4. The van der Waals surface area contributed by atoms with Gasteiger partial charge in [-0.1, -0.05) is 48.0 Å². The average molecular weight is 353 g/mol. The number of carboxylic acids is 1. The van der Waals surface area contributed by atoms with Gasteiger partial charge in [-0.3, -0.25) is 0 Å². The summed E-state index contributed by atoms with van der Waals surface area (Å²) in [5, 5.41) is 8.94. The number of hydrogen-bond donors (Lipinski definition) is 2. The van der Waals surface area contributed by atoms with E-state index in [1.807, 2.05) is 36.4 Å². The molecule has 0 fully saturated rings. The van der Waals surface area contributed by atoms with Crippen molar-refractivity contribution >= 4 is 40.5 Å². The Hall–Kier alpha value is -1.75. The van der Waals surface area contributed by atoms with Crippen LogP contribution in [0.25, 0.3) is 0 Å². The Balaban J connectivity index is 2.61. The van der Waals surface area contributed by atoms with E-state index in [2.05, 4.69) is 0 Å². The van der Waals surface area contributed by atoms with Crippen LogP contribution in [-0.2, 0) is 4.79 Å². The molecule has 2 rings (SSSR count). The molecule has 0 radical (unpaired) electrons. The van der Waals surface area contributed by atoms with E-state index in [9.17, 15) is 9.90 Å². The van der Waals surface area contributed by atoms with Crippen LogP contribution in [0.5, 0.6) is 0 Å². The van der Waals surface area contributed by atoms with Crippen LogP contribution < -0.4 is 10.6 Å². The molecule has 122 valence electrons. The lowest BCUT2D eigenvalue weighted by Gasteiger charge is -2.40. The smallest absolute Gasteiger partial charge is 0.347 e. The molecule has 0 heterocycles. The summed E-state index contributed by atoms with van der Waals surface area (Å²) in [7, 11) is 0. The first-order chi connectivity index (χ1) is 11.0. The SMILES string of the molecule is NCCC(Cl)[C@@](Cl)(C(=O)O)N(c1ccccc1)c1ccccc1. The highest BCUT2D eigenvalue weighted by molar-refractivity contribution is 6.42. The molecule has 0 aliphatic rings. The van der Waals surface area contributed by atoms with Crippen LogP contribution in [0, 0.1) is 0 Å². The van der Waals surface area contributed by atoms with E-state index in [0.717, 1.165) is 0 Å². The number of para-hydroxylation sites is 2. The second-order valence-electron chi connectivity index (χ2n) is 5.03. The predicted molar refractivity (Wildman–Crippen MR) is 94.6 cm³/mol. The van der Waals surface area contributed by atoms with Gasteiger partial charge in [0.05, 0.1) is 5.38 Å². The molecule has 2 atom stereocenters. The van der Waals surface area contributed by atoms with Gasteiger partial charge in [-0.2, -0.15) is 0 Å². The third-order valence-corrected chi connectivity index (χ3v) is 4.73. The minimum atomic E-state index is -1.86. The van der Waals surface area contributed by atoms with Crippen molar-refractivity contribution < 1.29 is 9.90 Å². The zero-order chi connectivity index (χ0) is 16.9. The second-order valence-corrected chi connectivity index (χ2v) is 6.13. The molecule has 0 aliphatic heterocycles. The molecule has 2 aromatic carbocycles. The first kappa shape index (κ1) is 17.6. The molecule has 0 spiro atoms. The van der Waals surface area contributed by atoms with Crippen LogP contribution in [0.2, 0.25) is 0 Å². The monoisotopic (exact) mass is 352 g/mol. The van der Waals surface area contributed by atoms with Crippen LogP contribution in [0.1, 0.15) is 6.42 Å². The maximum atomic E-state index is 12.0. The molecule has 1 unspecified atom stereocenters. The molecule has 0 saturated carbocycles. The molecule has 2 aromatic rings. The Bertz CT molecular complexity index is 600. The van der Waals surface area contributed by atoms with E-state index < -0.39 is 16.3 Å². The van der Waals surface area contributed by atoms with Gasteiger partial charge in [0.15, 0.2) is 0 Å². The Morgan fingerprint density at radius 3 is 1.87 bits per heavy atom. The highest BCUT2D eigenvalue weighted by atomic mass is 35.5. The lowest BCUT2D eigenvalue weighted by atomic mass is 10.1. The summed E-state index contributed by atoms with van der Waals surface area (Å²) in [4.78, 5) is 11.7. The Morgan fingerprint density at radius 2 is 1.52 bits per heavy atom. The molecule has 0 bridgehead atoms. The van der Waals surface area contributed by atoms with E-state index in [4.69, 9.17) is 28.9 Å². The molecular weight excluding hydrogens is 335 g/mol. The molecule has 0 amide bonds. The standard InChI is InChI=1S/C17H18Cl2N2O2/c18-15(11-12-20)17(19,16(22)23)21(13-7-3-1-4-8-13)14-9-5-2-6-10-14/h1-10,15H,11-12,20H2,(H,22,23)/t15?,17-/m0/s1. The minimum absolute atomic E-state index is 0.243. The maximum absolute atomic E-state index is 12.0. The minimum Gasteiger partial charge on any atom is -0.479 e. The van der Waals surface area contributed by atoms with Gasteiger partial charge in [0.25, 0.3) is 0 Å². The number of carboxylic acid groups (broad SMARTS) is 1. The number of hydrogen-bond acceptors (Lipinski definition) is 3. The molecule has 0 aliphatic carbocycles. The third kappa shape index (κ3) is 3.61. The van der Waals surface area contributed by atoms with Crippen molar-refractivity contribution in [1.29, 1.82) is 0 Å². The van der Waals surface area contributed by atoms with Crippen LogP contribution in [0.3, 0.4) is 0 Å². The van der Waals surface area contributed by atoms with Crippen LogP contribution >= 0.6 is 23.2 Å². The lowest BCUT2D eigenvalue weighted by molar-refractivity contribution is -0.140. The second kappa shape index (κ2) is 7.68. The van der Waals surface area contributed by atoms with Crippen molar-refractivity contribution in [1.82, 2.24) is 0 Å². The number of aliphatic carboxylic acids is 1. The largest absolute Gasteiger partial charge is 0.479 e. The van der Waals surface area contributed by atoms with Gasteiger partial charge in [-0.25, -0.2) is 4.79 Å². The van der Waals surface area contributed by atoms with E-state index >= 15 is 0 Å². The zero-order valence-corrected chi connectivity index (χ0v) is 13.9. The number of anilines is 2. The van der Waals surface area contributed by atoms with E-state index in [-0.39, 0.29) is 13.0 Å². The summed E-state index contributed by atoms with van der Waals surface area (Å²) < 4.78 is 0. The molecule has 0 aromatic heterocycles. The van der Waals surface area contributed by atoms with Crippen LogP contribution in [-0.4, -0.2) is 28.0 Å². The average Bonchev–Trinajstić information content (AvgIpc) is 2.57. The van der Waals surface area contributed by atoms with Crippen molar-refractivity contribution in [3.63, 3.8) is 0 Å². The fourth-order valence-electron chi connectivity index (χ4n) is 2.39. The number of halogens is 2. The Kier molecular flexibility index (Phi) is 5.88. The normalized spacial score (nSPS) is 14.7. The van der Waals surface area contributed by atoms with E-state index in [1.165, 1.54) is 4.90 Å². The lowest BCUT2D eigenvalue weighted by Crippen LogP contribution is -2.55. The highest BCUT2D eigenvalue weighted by Crippen LogP contribution is 2.41. The highest BCUT2D eigenvalue weighted by Gasteiger charge is 2.49. The number of carbonyl (C=O) groups is 1. The maximum Gasteiger partial charge on any atom is 0.347 e. The van der Waals surface area contributed by atoms with Crippen molar-refractivity contribution in [3.05, 3.63) is 60.7 Å². The van der Waals surface area contributed by atoms with Crippen molar-refractivity contribution in [2.75, 3.05) is 11.4 Å². The third-order valence-electron chi connectivity index (χ3n) is 3.49. The van der Waals surface area contributed by atoms with Gasteiger partial charge in [-0.05, 0) is 37.2 Å². The number of benzene rings is 2. The molecular formula is C17H18Cl2N2O2. The van der Waals surface area contributed by atoms with Gasteiger partial charge in [0.1, 0.15) is 0 Å². The molecule has 6 heteroatoms. The number of alkyl halides is 2. The van der Waals surface area contributed by atoms with Gasteiger partial charge >= 0.3 is 5.97 Å². The van der Waals surface area contributed by atoms with E-state index in [0.29, 0.717) is 11.4 Å². The summed E-state index contributed by atoms with van der Waals surface area (Å²) in [6, 6.07) is 18.1. The summed E-state index contributed by atoms with van der Waals surface area (Å²) in [5.41, 5.74) is 6.82. The Morgan fingerprint density at radius 1 is 1.09 bits per heavy atom. The topological polar surface area (TPSA) is 66.6 Å². The molecule has 23 heavy (non-hydrogen) atoms. The Labute approximate surface area is 145 Å². The summed E-state index contributed by atoms with van der Waals surface area (Å²) in [6.07, 6.45) is 0.271. The predicted octanol–water partition coefficient (Wildman–Crippen LogP) is 3.80. The number of rotatable bonds is 7. The van der Waals surface area contributed by atoms with Crippen LogP contribution in [0.15, 0.2) is 60.7 Å². The molecule has 3 N–H and O–H groups in total. The van der Waals surface area contributed by atoms with Crippen molar-refractivity contribution in [2.24, 2.45) is 5.73 Å². The fourth-order valence-corrected chi connectivity index (χ4v) is 3.01. The molecule has 0 saturated heterocycles. The number of nitrogens with two attached hydrogens (primary N) is 1.